The van der Waals surface area contributed by atoms with Crippen molar-refractivity contribution in [3.63, 3.8) is 0 Å². The molecule has 2 aromatic heterocycles. The molecule has 0 fully saturated rings. The molecule has 96 valence electrons. The first-order valence-corrected chi connectivity index (χ1v) is 7.72. The fraction of sp³-hybridized carbons (Fsp3) is 0.308. The van der Waals surface area contributed by atoms with E-state index in [4.69, 9.17) is 11.6 Å². The zero-order valence-electron chi connectivity index (χ0n) is 10.1. The minimum absolute atomic E-state index is 0.139. The third-order valence-corrected chi connectivity index (χ3v) is 4.79. The summed E-state index contributed by atoms with van der Waals surface area (Å²) >= 11 is 8.93. The molecule has 0 saturated carbocycles. The molecule has 0 aliphatic heterocycles. The lowest BCUT2D eigenvalue weighted by Gasteiger charge is -2.14. The van der Waals surface area contributed by atoms with Crippen LogP contribution in [-0.4, -0.2) is 30.8 Å². The largest absolute Gasteiger partial charge is 0.299 e. The minimum Gasteiger partial charge on any atom is -0.299 e. The van der Waals surface area contributed by atoms with Crippen LogP contribution >= 0.6 is 34.3 Å². The molecule has 0 unspecified atom stereocenters. The zero-order chi connectivity index (χ0) is 13.0. The number of likely N-dealkylation sites (N-methyl/N-ethyl adjacent to an activating group) is 1. The normalized spacial score (nSPS) is 11.1. The predicted molar refractivity (Wildman–Crippen MR) is 79.2 cm³/mol. The summed E-state index contributed by atoms with van der Waals surface area (Å²) in [5, 5.41) is 2.08. The monoisotopic (exact) mass is 299 g/mol. The van der Waals surface area contributed by atoms with E-state index in [-0.39, 0.29) is 5.78 Å². The van der Waals surface area contributed by atoms with Gasteiger partial charge in [0.2, 0.25) is 0 Å². The Morgan fingerprint density at radius 3 is 2.83 bits per heavy atom. The highest BCUT2D eigenvalue weighted by Gasteiger charge is 2.11. The van der Waals surface area contributed by atoms with E-state index in [1.807, 2.05) is 7.05 Å². The van der Waals surface area contributed by atoms with Crippen molar-refractivity contribution in [2.24, 2.45) is 0 Å². The van der Waals surface area contributed by atoms with Crippen molar-refractivity contribution >= 4 is 40.1 Å². The summed E-state index contributed by atoms with van der Waals surface area (Å²) in [4.78, 5) is 16.1. The van der Waals surface area contributed by atoms with E-state index in [0.29, 0.717) is 10.9 Å². The van der Waals surface area contributed by atoms with Crippen molar-refractivity contribution in [2.45, 2.75) is 6.42 Å². The SMILES string of the molecule is CN(CCc1cccs1)CC(=O)c1ccc(Cl)s1. The number of hydrogen-bond acceptors (Lipinski definition) is 4. The van der Waals surface area contributed by atoms with Crippen LogP contribution < -0.4 is 0 Å². The van der Waals surface area contributed by atoms with Gasteiger partial charge in [-0.05, 0) is 37.0 Å². The molecular formula is C13H14ClNOS2. The van der Waals surface area contributed by atoms with Crippen LogP contribution in [0.5, 0.6) is 0 Å². The van der Waals surface area contributed by atoms with Gasteiger partial charge in [-0.3, -0.25) is 9.69 Å². The second kappa shape index (κ2) is 6.48. The van der Waals surface area contributed by atoms with Crippen LogP contribution in [0, 0.1) is 0 Å². The van der Waals surface area contributed by atoms with E-state index in [1.165, 1.54) is 16.2 Å². The van der Waals surface area contributed by atoms with Crippen molar-refractivity contribution in [3.05, 3.63) is 43.7 Å². The maximum absolute atomic E-state index is 11.9. The molecular weight excluding hydrogens is 286 g/mol. The molecule has 0 atom stereocenters. The molecule has 0 aliphatic rings. The van der Waals surface area contributed by atoms with E-state index in [1.54, 1.807) is 23.5 Å². The van der Waals surface area contributed by atoms with Gasteiger partial charge in [-0.25, -0.2) is 0 Å². The van der Waals surface area contributed by atoms with Gasteiger partial charge in [-0.2, -0.15) is 0 Å². The van der Waals surface area contributed by atoms with Gasteiger partial charge in [0, 0.05) is 11.4 Å². The summed E-state index contributed by atoms with van der Waals surface area (Å²) in [5.74, 6) is 0.139. The van der Waals surface area contributed by atoms with Gasteiger partial charge in [-0.1, -0.05) is 17.7 Å². The molecule has 2 aromatic rings. The van der Waals surface area contributed by atoms with Crippen molar-refractivity contribution in [1.29, 1.82) is 0 Å². The highest BCUT2D eigenvalue weighted by atomic mass is 35.5. The predicted octanol–water partition coefficient (Wildman–Crippen LogP) is 3.82. The van der Waals surface area contributed by atoms with Gasteiger partial charge in [0.1, 0.15) is 0 Å². The first kappa shape index (κ1) is 13.7. The quantitative estimate of drug-likeness (QED) is 0.756. The van der Waals surface area contributed by atoms with E-state index in [0.717, 1.165) is 17.8 Å². The van der Waals surface area contributed by atoms with Gasteiger partial charge in [0.25, 0.3) is 0 Å². The Morgan fingerprint density at radius 1 is 1.39 bits per heavy atom. The minimum atomic E-state index is 0.139. The standard InChI is InChI=1S/C13H14ClNOS2/c1-15(7-6-10-3-2-8-17-10)9-11(16)12-4-5-13(14)18-12/h2-5,8H,6-7,9H2,1H3. The molecule has 0 aliphatic carbocycles. The molecule has 2 rings (SSSR count). The molecule has 0 radical (unpaired) electrons. The van der Waals surface area contributed by atoms with Gasteiger partial charge in [0.15, 0.2) is 5.78 Å². The Balaban J connectivity index is 1.80. The fourth-order valence-corrected chi connectivity index (χ4v) is 3.29. The average molecular weight is 300 g/mol. The molecule has 2 heterocycles. The van der Waals surface area contributed by atoms with Gasteiger partial charge >= 0.3 is 0 Å². The lowest BCUT2D eigenvalue weighted by atomic mass is 10.3. The van der Waals surface area contributed by atoms with Crippen LogP contribution in [0.1, 0.15) is 14.5 Å². The summed E-state index contributed by atoms with van der Waals surface area (Å²) in [6.45, 7) is 1.34. The van der Waals surface area contributed by atoms with E-state index in [9.17, 15) is 4.79 Å². The molecule has 0 spiro atoms. The first-order valence-electron chi connectivity index (χ1n) is 5.64. The van der Waals surface area contributed by atoms with Crippen LogP contribution in [0.25, 0.3) is 0 Å². The average Bonchev–Trinajstić information content (AvgIpc) is 2.97. The number of carbonyl (C=O) groups is 1. The number of halogens is 1. The van der Waals surface area contributed by atoms with Crippen LogP contribution in [0.3, 0.4) is 0 Å². The number of hydrogen-bond donors (Lipinski definition) is 0. The third kappa shape index (κ3) is 3.92. The number of rotatable bonds is 6. The molecule has 5 heteroatoms. The third-order valence-electron chi connectivity index (χ3n) is 2.58. The summed E-state index contributed by atoms with van der Waals surface area (Å²) in [7, 11) is 1.97. The summed E-state index contributed by atoms with van der Waals surface area (Å²) in [6.07, 6.45) is 0.993. The highest BCUT2D eigenvalue weighted by molar-refractivity contribution is 7.18. The Kier molecular flexibility index (Phi) is 4.95. The lowest BCUT2D eigenvalue weighted by molar-refractivity contribution is 0.0951. The van der Waals surface area contributed by atoms with Gasteiger partial charge < -0.3 is 0 Å². The van der Waals surface area contributed by atoms with Crippen LogP contribution in [0.2, 0.25) is 4.34 Å². The van der Waals surface area contributed by atoms with Crippen molar-refractivity contribution < 1.29 is 4.79 Å². The van der Waals surface area contributed by atoms with E-state index < -0.39 is 0 Å². The fourth-order valence-electron chi connectivity index (χ4n) is 1.62. The van der Waals surface area contributed by atoms with Gasteiger partial charge in [0.05, 0.1) is 15.8 Å². The molecule has 0 bridgehead atoms. The molecule has 0 aromatic carbocycles. The Hall–Kier alpha value is -0.680. The van der Waals surface area contributed by atoms with E-state index in [2.05, 4.69) is 22.4 Å². The maximum atomic E-state index is 11.9. The maximum Gasteiger partial charge on any atom is 0.186 e. The Labute approximate surface area is 120 Å². The number of nitrogens with zero attached hydrogens (tertiary/aromatic N) is 1. The highest BCUT2D eigenvalue weighted by Crippen LogP contribution is 2.21. The molecule has 0 N–H and O–H groups in total. The number of carbonyl (C=O) groups excluding carboxylic acids is 1. The second-order valence-electron chi connectivity index (χ2n) is 4.09. The lowest BCUT2D eigenvalue weighted by Crippen LogP contribution is -2.27. The van der Waals surface area contributed by atoms with Crippen LogP contribution in [0.4, 0.5) is 0 Å². The van der Waals surface area contributed by atoms with Crippen LogP contribution in [-0.2, 0) is 6.42 Å². The molecule has 0 saturated heterocycles. The van der Waals surface area contributed by atoms with Crippen molar-refractivity contribution in [2.75, 3.05) is 20.1 Å². The Bertz CT molecular complexity index is 507. The summed E-state index contributed by atoms with van der Waals surface area (Å²) in [5.41, 5.74) is 0. The number of thiophene rings is 2. The smallest absolute Gasteiger partial charge is 0.186 e. The second-order valence-corrected chi connectivity index (χ2v) is 6.84. The zero-order valence-corrected chi connectivity index (χ0v) is 12.4. The number of ketones is 1. The topological polar surface area (TPSA) is 20.3 Å². The van der Waals surface area contributed by atoms with Crippen molar-refractivity contribution in [3.8, 4) is 0 Å². The summed E-state index contributed by atoms with van der Waals surface area (Å²) < 4.78 is 0.666. The molecule has 0 amide bonds. The molecule has 2 nitrogen and oxygen atoms in total. The van der Waals surface area contributed by atoms with Crippen molar-refractivity contribution in [1.82, 2.24) is 4.90 Å². The van der Waals surface area contributed by atoms with Gasteiger partial charge in [-0.15, -0.1) is 22.7 Å². The summed E-state index contributed by atoms with van der Waals surface area (Å²) in [6, 6.07) is 7.74. The van der Waals surface area contributed by atoms with Crippen LogP contribution in [0.15, 0.2) is 29.6 Å². The number of Topliss-reactive ketones (excluding diaryl/α,β-unsaturated/α-hetero) is 1. The van der Waals surface area contributed by atoms with E-state index >= 15 is 0 Å². The molecule has 18 heavy (non-hydrogen) atoms. The first-order chi connectivity index (χ1) is 8.65. The Morgan fingerprint density at radius 2 is 2.22 bits per heavy atom.